The van der Waals surface area contributed by atoms with Crippen molar-refractivity contribution in [3.63, 3.8) is 0 Å². The number of carbonyl (C=O) groups excluding carboxylic acids is 1. The van der Waals surface area contributed by atoms with Gasteiger partial charge in [0.05, 0.1) is 19.3 Å². The molecule has 22 heavy (non-hydrogen) atoms. The summed E-state index contributed by atoms with van der Waals surface area (Å²) in [5.74, 6) is 0.338. The van der Waals surface area contributed by atoms with Crippen molar-refractivity contribution in [2.45, 2.75) is 32.5 Å². The van der Waals surface area contributed by atoms with Crippen LogP contribution >= 0.6 is 0 Å². The molecule has 0 fully saturated rings. The second-order valence-corrected chi connectivity index (χ2v) is 5.54. The van der Waals surface area contributed by atoms with E-state index in [2.05, 4.69) is 6.58 Å². The monoisotopic (exact) mass is 302 g/mol. The van der Waals surface area contributed by atoms with E-state index < -0.39 is 0 Å². The molecule has 0 bridgehead atoms. The first kappa shape index (κ1) is 16.3. The minimum absolute atomic E-state index is 0.195. The topological polar surface area (TPSA) is 44.8 Å². The van der Waals surface area contributed by atoms with Crippen molar-refractivity contribution in [1.29, 1.82) is 0 Å². The van der Waals surface area contributed by atoms with Crippen molar-refractivity contribution in [3.8, 4) is 5.75 Å². The summed E-state index contributed by atoms with van der Waals surface area (Å²) in [6.07, 6.45) is 2.04. The Kier molecular flexibility index (Phi) is 5.39. The molecule has 2 rings (SSSR count). The number of esters is 1. The van der Waals surface area contributed by atoms with Gasteiger partial charge < -0.3 is 14.2 Å². The molecule has 0 aliphatic carbocycles. The predicted octanol–water partition coefficient (Wildman–Crippen LogP) is 3.53. The number of ether oxygens (including phenoxy) is 3. The van der Waals surface area contributed by atoms with Crippen LogP contribution in [-0.4, -0.2) is 31.9 Å². The Labute approximate surface area is 131 Å². The highest BCUT2D eigenvalue weighted by Gasteiger charge is 2.30. The van der Waals surface area contributed by atoms with E-state index in [1.807, 2.05) is 19.9 Å². The predicted molar refractivity (Wildman–Crippen MR) is 85.1 cm³/mol. The molecule has 0 spiro atoms. The lowest BCUT2D eigenvalue weighted by atomic mass is 10.0. The molecular weight excluding hydrogens is 280 g/mol. The lowest BCUT2D eigenvalue weighted by Gasteiger charge is -2.25. The van der Waals surface area contributed by atoms with Gasteiger partial charge in [0, 0.05) is 6.42 Å². The third kappa shape index (κ3) is 3.98. The summed E-state index contributed by atoms with van der Waals surface area (Å²) in [5, 5.41) is 0. The number of hydrogen-bond donors (Lipinski definition) is 0. The van der Waals surface area contributed by atoms with Gasteiger partial charge in [-0.25, -0.2) is 4.79 Å². The van der Waals surface area contributed by atoms with Crippen LogP contribution < -0.4 is 4.74 Å². The fourth-order valence-electron chi connectivity index (χ4n) is 2.42. The zero-order valence-electron chi connectivity index (χ0n) is 13.3. The first-order valence-electron chi connectivity index (χ1n) is 7.29. The van der Waals surface area contributed by atoms with Gasteiger partial charge in [0.25, 0.3) is 0 Å². The Hall–Kier alpha value is -2.07. The van der Waals surface area contributed by atoms with Gasteiger partial charge in [0.15, 0.2) is 0 Å². The first-order valence-corrected chi connectivity index (χ1v) is 7.29. The minimum Gasteiger partial charge on any atom is -0.497 e. The molecule has 4 nitrogen and oxygen atoms in total. The van der Waals surface area contributed by atoms with Crippen LogP contribution in [0, 0.1) is 0 Å². The molecule has 0 radical (unpaired) electrons. The summed E-state index contributed by atoms with van der Waals surface area (Å²) in [4.78, 5) is 12.3. The summed E-state index contributed by atoms with van der Waals surface area (Å²) in [7, 11) is 1.59. The van der Waals surface area contributed by atoms with E-state index in [1.54, 1.807) is 31.4 Å². The van der Waals surface area contributed by atoms with Crippen LogP contribution in [0.4, 0.5) is 0 Å². The van der Waals surface area contributed by atoms with Crippen LogP contribution in [0.25, 0.3) is 0 Å². The number of rotatable bonds is 6. The first-order chi connectivity index (χ1) is 10.5. The maximum absolute atomic E-state index is 12.3. The second kappa shape index (κ2) is 7.27. The van der Waals surface area contributed by atoms with Crippen LogP contribution in [0.15, 0.2) is 48.1 Å². The zero-order valence-corrected chi connectivity index (χ0v) is 13.3. The van der Waals surface area contributed by atoms with E-state index in [0.717, 1.165) is 11.1 Å². The van der Waals surface area contributed by atoms with Gasteiger partial charge >= 0.3 is 5.97 Å². The Balaban J connectivity index is 2.09. The van der Waals surface area contributed by atoms with E-state index in [1.165, 1.54) is 0 Å². The molecule has 0 N–H and O–H groups in total. The SMILES string of the molecule is C=C(C)C[C@@H](OC(=O)c1ccc(OC)cc1)[C@H]1OCC=C1C. The Morgan fingerprint density at radius 2 is 2.09 bits per heavy atom. The van der Waals surface area contributed by atoms with E-state index in [-0.39, 0.29) is 18.2 Å². The molecular formula is C18H22O4. The highest BCUT2D eigenvalue weighted by molar-refractivity contribution is 5.89. The number of carbonyl (C=O) groups is 1. The minimum atomic E-state index is -0.364. The summed E-state index contributed by atoms with van der Waals surface area (Å²) >= 11 is 0. The van der Waals surface area contributed by atoms with Gasteiger partial charge in [-0.1, -0.05) is 18.2 Å². The molecule has 1 aromatic rings. The third-order valence-electron chi connectivity index (χ3n) is 3.60. The van der Waals surface area contributed by atoms with Gasteiger partial charge in [-0.3, -0.25) is 0 Å². The highest BCUT2D eigenvalue weighted by Crippen LogP contribution is 2.24. The normalized spacial score (nSPS) is 18.5. The maximum atomic E-state index is 12.3. The lowest BCUT2D eigenvalue weighted by molar-refractivity contribution is -0.0218. The van der Waals surface area contributed by atoms with E-state index in [4.69, 9.17) is 14.2 Å². The Bertz CT molecular complexity index is 571. The second-order valence-electron chi connectivity index (χ2n) is 5.54. The fraction of sp³-hybridized carbons (Fsp3) is 0.389. The summed E-state index contributed by atoms with van der Waals surface area (Å²) in [6.45, 7) is 8.38. The molecule has 1 aliphatic rings. The van der Waals surface area contributed by atoms with E-state index in [0.29, 0.717) is 24.3 Å². The molecule has 2 atom stereocenters. The number of benzene rings is 1. The van der Waals surface area contributed by atoms with Gasteiger partial charge in [-0.05, 0) is 43.7 Å². The van der Waals surface area contributed by atoms with Crippen LogP contribution in [0.1, 0.15) is 30.6 Å². The molecule has 1 heterocycles. The average molecular weight is 302 g/mol. The largest absolute Gasteiger partial charge is 0.497 e. The van der Waals surface area contributed by atoms with Gasteiger partial charge in [-0.15, -0.1) is 0 Å². The molecule has 4 heteroatoms. The Morgan fingerprint density at radius 1 is 1.41 bits per heavy atom. The van der Waals surface area contributed by atoms with Crippen molar-refractivity contribution in [1.82, 2.24) is 0 Å². The van der Waals surface area contributed by atoms with Crippen molar-refractivity contribution < 1.29 is 19.0 Å². The maximum Gasteiger partial charge on any atom is 0.338 e. The molecule has 118 valence electrons. The Morgan fingerprint density at radius 3 is 2.59 bits per heavy atom. The van der Waals surface area contributed by atoms with Crippen molar-refractivity contribution in [2.24, 2.45) is 0 Å². The van der Waals surface area contributed by atoms with E-state index >= 15 is 0 Å². The third-order valence-corrected chi connectivity index (χ3v) is 3.60. The van der Waals surface area contributed by atoms with Crippen LogP contribution in [-0.2, 0) is 9.47 Å². The molecule has 0 amide bonds. The molecule has 0 aromatic heterocycles. The van der Waals surface area contributed by atoms with Gasteiger partial charge in [0.1, 0.15) is 18.0 Å². The summed E-state index contributed by atoms with van der Waals surface area (Å²) in [6, 6.07) is 6.86. The molecule has 0 saturated heterocycles. The smallest absolute Gasteiger partial charge is 0.338 e. The zero-order chi connectivity index (χ0) is 16.1. The van der Waals surface area contributed by atoms with Crippen LogP contribution in [0.5, 0.6) is 5.75 Å². The lowest BCUT2D eigenvalue weighted by Crippen LogP contribution is -2.32. The number of hydrogen-bond acceptors (Lipinski definition) is 4. The summed E-state index contributed by atoms with van der Waals surface area (Å²) in [5.41, 5.74) is 2.54. The summed E-state index contributed by atoms with van der Waals surface area (Å²) < 4.78 is 16.4. The van der Waals surface area contributed by atoms with Crippen molar-refractivity contribution >= 4 is 5.97 Å². The average Bonchev–Trinajstić information content (AvgIpc) is 2.92. The van der Waals surface area contributed by atoms with Crippen molar-refractivity contribution in [2.75, 3.05) is 13.7 Å². The van der Waals surface area contributed by atoms with Crippen LogP contribution in [0.2, 0.25) is 0 Å². The van der Waals surface area contributed by atoms with Crippen LogP contribution in [0.3, 0.4) is 0 Å². The standard InChI is InChI=1S/C18H22O4/c1-12(2)11-16(17-13(3)9-10-21-17)22-18(19)14-5-7-15(20-4)8-6-14/h5-9,16-17H,1,10-11H2,2-4H3/t16-,17+/m1/s1. The fourth-order valence-corrected chi connectivity index (χ4v) is 2.42. The van der Waals surface area contributed by atoms with Gasteiger partial charge in [-0.2, -0.15) is 0 Å². The van der Waals surface area contributed by atoms with E-state index in [9.17, 15) is 4.79 Å². The molecule has 1 aromatic carbocycles. The quantitative estimate of drug-likeness (QED) is 0.595. The number of methoxy groups -OCH3 is 1. The van der Waals surface area contributed by atoms with Gasteiger partial charge in [0.2, 0.25) is 0 Å². The highest BCUT2D eigenvalue weighted by atomic mass is 16.6. The van der Waals surface area contributed by atoms with Crippen molar-refractivity contribution in [3.05, 3.63) is 53.6 Å². The molecule has 1 aliphatic heterocycles. The molecule has 0 saturated carbocycles. The molecule has 0 unspecified atom stereocenters.